The van der Waals surface area contributed by atoms with Gasteiger partial charge in [-0.2, -0.15) is 0 Å². The van der Waals surface area contributed by atoms with Gasteiger partial charge in [0.2, 0.25) is 0 Å². The van der Waals surface area contributed by atoms with Crippen molar-refractivity contribution in [1.82, 2.24) is 15.0 Å². The first kappa shape index (κ1) is 17.2. The molecule has 1 aromatic carbocycles. The summed E-state index contributed by atoms with van der Waals surface area (Å²) in [6, 6.07) is 12.6. The molecular formula is C20H21FN6. The number of piperazine rings is 1. The number of benzene rings is 1. The average Bonchev–Trinajstić information content (AvgIpc) is 2.74. The highest BCUT2D eigenvalue weighted by atomic mass is 19.1. The van der Waals surface area contributed by atoms with Crippen molar-refractivity contribution < 1.29 is 4.39 Å². The lowest BCUT2D eigenvalue weighted by Crippen LogP contribution is -2.46. The topological polar surface area (TPSA) is 57.2 Å². The molecule has 0 spiro atoms. The molecule has 1 aliphatic heterocycles. The van der Waals surface area contributed by atoms with Gasteiger partial charge in [-0.25, -0.2) is 14.4 Å². The molecule has 1 N–H and O–H groups in total. The molecule has 0 aliphatic carbocycles. The van der Waals surface area contributed by atoms with Crippen LogP contribution >= 0.6 is 0 Å². The second-order valence-electron chi connectivity index (χ2n) is 6.42. The summed E-state index contributed by atoms with van der Waals surface area (Å²) in [7, 11) is 0. The van der Waals surface area contributed by atoms with Gasteiger partial charge in [-0.15, -0.1) is 0 Å². The van der Waals surface area contributed by atoms with Crippen LogP contribution in [0.15, 0.2) is 61.2 Å². The standard InChI is InChI=1S/C20H21FN6/c21-17-1-3-18(4-2-17)26-9-11-27(12-10-26)20-13-19(24-15-25-20)23-14-16-5-7-22-8-6-16/h1-8,13,15H,9-12,14H2,(H,23,24,25). The number of pyridine rings is 1. The van der Waals surface area contributed by atoms with Crippen molar-refractivity contribution in [3.8, 4) is 0 Å². The Kier molecular flexibility index (Phi) is 5.09. The van der Waals surface area contributed by atoms with E-state index in [9.17, 15) is 4.39 Å². The maximum Gasteiger partial charge on any atom is 0.134 e. The largest absolute Gasteiger partial charge is 0.368 e. The third-order valence-corrected chi connectivity index (χ3v) is 4.67. The molecular weight excluding hydrogens is 343 g/mol. The fourth-order valence-electron chi connectivity index (χ4n) is 3.16. The van der Waals surface area contributed by atoms with Crippen LogP contribution in [-0.4, -0.2) is 41.1 Å². The molecule has 3 heterocycles. The van der Waals surface area contributed by atoms with E-state index in [2.05, 4.69) is 30.1 Å². The molecule has 4 rings (SSSR count). The number of hydrogen-bond acceptors (Lipinski definition) is 6. The van der Waals surface area contributed by atoms with Crippen LogP contribution in [0.1, 0.15) is 5.56 Å². The van der Waals surface area contributed by atoms with Crippen LogP contribution < -0.4 is 15.1 Å². The second-order valence-corrected chi connectivity index (χ2v) is 6.42. The first-order chi connectivity index (χ1) is 13.3. The van der Waals surface area contributed by atoms with E-state index in [0.29, 0.717) is 6.54 Å². The maximum atomic E-state index is 13.1. The Morgan fingerprint density at radius 2 is 1.59 bits per heavy atom. The van der Waals surface area contributed by atoms with Gasteiger partial charge in [0.05, 0.1) is 0 Å². The van der Waals surface area contributed by atoms with E-state index < -0.39 is 0 Å². The van der Waals surface area contributed by atoms with Gasteiger partial charge < -0.3 is 15.1 Å². The number of nitrogens with one attached hydrogen (secondary N) is 1. The van der Waals surface area contributed by atoms with Crippen molar-refractivity contribution in [3.05, 3.63) is 72.6 Å². The van der Waals surface area contributed by atoms with Crippen molar-refractivity contribution in [2.45, 2.75) is 6.54 Å². The van der Waals surface area contributed by atoms with Gasteiger partial charge in [0.25, 0.3) is 0 Å². The second kappa shape index (κ2) is 7.99. The molecule has 7 heteroatoms. The Bertz CT molecular complexity index is 863. The molecule has 1 fully saturated rings. The Morgan fingerprint density at radius 1 is 0.889 bits per heavy atom. The summed E-state index contributed by atoms with van der Waals surface area (Å²) < 4.78 is 13.1. The van der Waals surface area contributed by atoms with Crippen molar-refractivity contribution >= 4 is 17.3 Å². The molecule has 2 aromatic heterocycles. The van der Waals surface area contributed by atoms with E-state index in [1.54, 1.807) is 18.7 Å². The summed E-state index contributed by atoms with van der Waals surface area (Å²) in [4.78, 5) is 17.3. The molecule has 1 aliphatic rings. The van der Waals surface area contributed by atoms with Gasteiger partial charge in [-0.3, -0.25) is 4.98 Å². The van der Waals surface area contributed by atoms with Gasteiger partial charge in [0.15, 0.2) is 0 Å². The Hall–Kier alpha value is -3.22. The zero-order chi connectivity index (χ0) is 18.5. The zero-order valence-corrected chi connectivity index (χ0v) is 14.9. The fourth-order valence-corrected chi connectivity index (χ4v) is 3.16. The zero-order valence-electron chi connectivity index (χ0n) is 14.9. The monoisotopic (exact) mass is 364 g/mol. The van der Waals surface area contributed by atoms with Crippen molar-refractivity contribution in [1.29, 1.82) is 0 Å². The van der Waals surface area contributed by atoms with Crippen LogP contribution in [0, 0.1) is 5.82 Å². The van der Waals surface area contributed by atoms with Gasteiger partial charge in [0, 0.05) is 56.9 Å². The lowest BCUT2D eigenvalue weighted by atomic mass is 10.2. The highest BCUT2D eigenvalue weighted by Gasteiger charge is 2.18. The van der Waals surface area contributed by atoms with Gasteiger partial charge >= 0.3 is 0 Å². The molecule has 0 saturated carbocycles. The van der Waals surface area contributed by atoms with Crippen LogP contribution in [0.3, 0.4) is 0 Å². The predicted octanol–water partition coefficient (Wildman–Crippen LogP) is 2.95. The molecule has 0 atom stereocenters. The lowest BCUT2D eigenvalue weighted by Gasteiger charge is -2.36. The van der Waals surface area contributed by atoms with Gasteiger partial charge in [-0.1, -0.05) is 0 Å². The maximum absolute atomic E-state index is 13.1. The minimum Gasteiger partial charge on any atom is -0.368 e. The molecule has 138 valence electrons. The van der Waals surface area contributed by atoms with Crippen molar-refractivity contribution in [3.63, 3.8) is 0 Å². The summed E-state index contributed by atoms with van der Waals surface area (Å²) in [5, 5.41) is 3.33. The SMILES string of the molecule is Fc1ccc(N2CCN(c3cc(NCc4ccncc4)ncn3)CC2)cc1. The molecule has 27 heavy (non-hydrogen) atoms. The van der Waals surface area contributed by atoms with E-state index in [1.807, 2.05) is 30.3 Å². The first-order valence-corrected chi connectivity index (χ1v) is 8.98. The van der Waals surface area contributed by atoms with Crippen LogP contribution in [0.5, 0.6) is 0 Å². The molecule has 1 saturated heterocycles. The summed E-state index contributed by atoms with van der Waals surface area (Å²) in [6.07, 6.45) is 5.16. The average molecular weight is 364 g/mol. The fraction of sp³-hybridized carbons (Fsp3) is 0.250. The summed E-state index contributed by atoms with van der Waals surface area (Å²) >= 11 is 0. The summed E-state index contributed by atoms with van der Waals surface area (Å²) in [5.41, 5.74) is 2.21. The molecule has 0 bridgehead atoms. The summed E-state index contributed by atoms with van der Waals surface area (Å²) in [5.74, 6) is 1.52. The molecule has 0 unspecified atom stereocenters. The molecule has 6 nitrogen and oxygen atoms in total. The number of aromatic nitrogens is 3. The van der Waals surface area contributed by atoms with E-state index in [1.165, 1.54) is 12.1 Å². The van der Waals surface area contributed by atoms with Crippen molar-refractivity contribution in [2.24, 2.45) is 0 Å². The lowest BCUT2D eigenvalue weighted by molar-refractivity contribution is 0.624. The smallest absolute Gasteiger partial charge is 0.134 e. The van der Waals surface area contributed by atoms with E-state index in [4.69, 9.17) is 0 Å². The van der Waals surface area contributed by atoms with Crippen LogP contribution in [0.25, 0.3) is 0 Å². The highest BCUT2D eigenvalue weighted by Crippen LogP contribution is 2.20. The summed E-state index contributed by atoms with van der Waals surface area (Å²) in [6.45, 7) is 4.15. The number of rotatable bonds is 5. The van der Waals surface area contributed by atoms with E-state index >= 15 is 0 Å². The van der Waals surface area contributed by atoms with Crippen LogP contribution in [0.4, 0.5) is 21.7 Å². The minimum atomic E-state index is -0.204. The van der Waals surface area contributed by atoms with Crippen molar-refractivity contribution in [2.75, 3.05) is 41.3 Å². The highest BCUT2D eigenvalue weighted by molar-refractivity contribution is 5.52. The third kappa shape index (κ3) is 4.31. The number of hydrogen-bond donors (Lipinski definition) is 1. The Balaban J connectivity index is 1.36. The van der Waals surface area contributed by atoms with E-state index in [-0.39, 0.29) is 5.82 Å². The van der Waals surface area contributed by atoms with Gasteiger partial charge in [-0.05, 0) is 42.0 Å². The Morgan fingerprint density at radius 3 is 2.33 bits per heavy atom. The first-order valence-electron chi connectivity index (χ1n) is 8.98. The molecule has 3 aromatic rings. The van der Waals surface area contributed by atoms with Gasteiger partial charge in [0.1, 0.15) is 23.8 Å². The third-order valence-electron chi connectivity index (χ3n) is 4.67. The normalized spacial score (nSPS) is 14.3. The predicted molar refractivity (Wildman–Crippen MR) is 104 cm³/mol. The number of nitrogens with zero attached hydrogens (tertiary/aromatic N) is 5. The van der Waals surface area contributed by atoms with Crippen LogP contribution in [0.2, 0.25) is 0 Å². The van der Waals surface area contributed by atoms with E-state index in [0.717, 1.165) is 49.1 Å². The Labute approximate surface area is 157 Å². The number of anilines is 3. The number of halogens is 1. The molecule has 0 radical (unpaired) electrons. The molecule has 0 amide bonds. The minimum absolute atomic E-state index is 0.204. The quantitative estimate of drug-likeness (QED) is 0.751. The van der Waals surface area contributed by atoms with Crippen LogP contribution in [-0.2, 0) is 6.54 Å².